The summed E-state index contributed by atoms with van der Waals surface area (Å²) in [6, 6.07) is 5.87. The molecule has 0 unspecified atom stereocenters. The molecule has 8 heteroatoms. The summed E-state index contributed by atoms with van der Waals surface area (Å²) in [4.78, 5) is 10.00. The number of halogens is 2. The molecule has 0 N–H and O–H groups in total. The zero-order valence-electron chi connectivity index (χ0n) is 9.38. The number of nitriles is 1. The van der Waals surface area contributed by atoms with Gasteiger partial charge in [-0.05, 0) is 33.0 Å². The van der Waals surface area contributed by atoms with E-state index < -0.39 is 10.7 Å². The lowest BCUT2D eigenvalue weighted by Crippen LogP contribution is -2.03. The number of rotatable bonds is 3. The minimum Gasteiger partial charge on any atom is -0.358 e. The van der Waals surface area contributed by atoms with Crippen molar-refractivity contribution in [3.63, 3.8) is 0 Å². The number of hydrogen-bond donors (Lipinski definition) is 0. The van der Waals surface area contributed by atoms with Crippen LogP contribution < -0.4 is 0 Å². The van der Waals surface area contributed by atoms with Crippen LogP contribution in [0, 0.1) is 27.3 Å². The van der Waals surface area contributed by atoms with Gasteiger partial charge in [0.1, 0.15) is 10.3 Å². The van der Waals surface area contributed by atoms with Gasteiger partial charge in [0, 0.05) is 5.56 Å². The standard InChI is InChI=1S/C11H6BrFN4O2/c12-9-6-16(15-11(9)17(18)19)5-8-2-1-7(4-14)3-10(8)13/h1-3,6H,5H2. The molecular weight excluding hydrogens is 319 g/mol. The quantitative estimate of drug-likeness (QED) is 0.641. The maximum Gasteiger partial charge on any atom is 0.404 e. The van der Waals surface area contributed by atoms with E-state index in [0.717, 1.165) is 6.07 Å². The number of aromatic nitrogens is 2. The van der Waals surface area contributed by atoms with E-state index >= 15 is 0 Å². The van der Waals surface area contributed by atoms with E-state index in [4.69, 9.17) is 5.26 Å². The van der Waals surface area contributed by atoms with Crippen molar-refractivity contribution in [2.45, 2.75) is 6.54 Å². The molecule has 6 nitrogen and oxygen atoms in total. The minimum atomic E-state index is -0.629. The van der Waals surface area contributed by atoms with Gasteiger partial charge in [-0.2, -0.15) is 9.94 Å². The summed E-state index contributed by atoms with van der Waals surface area (Å²) in [5.74, 6) is -0.873. The maximum atomic E-state index is 13.7. The third kappa shape index (κ3) is 2.77. The molecule has 0 aliphatic carbocycles. The molecule has 2 aromatic rings. The fourth-order valence-electron chi connectivity index (χ4n) is 1.51. The molecule has 0 bridgehead atoms. The molecule has 1 aromatic carbocycles. The van der Waals surface area contributed by atoms with Crippen molar-refractivity contribution in [1.29, 1.82) is 5.26 Å². The largest absolute Gasteiger partial charge is 0.404 e. The number of hydrogen-bond acceptors (Lipinski definition) is 4. The van der Waals surface area contributed by atoms with E-state index in [0.29, 0.717) is 5.56 Å². The Labute approximate surface area is 115 Å². The highest BCUT2D eigenvalue weighted by Crippen LogP contribution is 2.23. The third-order valence-corrected chi connectivity index (χ3v) is 2.95. The molecule has 0 saturated heterocycles. The minimum absolute atomic E-state index is 0.0456. The Kier molecular flexibility index (Phi) is 3.57. The van der Waals surface area contributed by atoms with Crippen molar-refractivity contribution in [3.05, 3.63) is 55.9 Å². The second kappa shape index (κ2) is 5.16. The van der Waals surface area contributed by atoms with Gasteiger partial charge in [-0.1, -0.05) is 6.07 Å². The van der Waals surface area contributed by atoms with E-state index in [2.05, 4.69) is 21.0 Å². The van der Waals surface area contributed by atoms with Crippen LogP contribution >= 0.6 is 15.9 Å². The van der Waals surface area contributed by atoms with Crippen molar-refractivity contribution < 1.29 is 9.31 Å². The van der Waals surface area contributed by atoms with Crippen LogP contribution in [0.2, 0.25) is 0 Å². The topological polar surface area (TPSA) is 84.8 Å². The summed E-state index contributed by atoms with van der Waals surface area (Å²) in [7, 11) is 0. The van der Waals surface area contributed by atoms with Crippen molar-refractivity contribution in [1.82, 2.24) is 9.78 Å². The number of nitrogens with zero attached hydrogens (tertiary/aromatic N) is 4. The highest BCUT2D eigenvalue weighted by Gasteiger charge is 2.19. The summed E-state index contributed by atoms with van der Waals surface area (Å²) in [5, 5.41) is 23.0. The van der Waals surface area contributed by atoms with Crippen LogP contribution in [0.3, 0.4) is 0 Å². The molecule has 0 aliphatic rings. The molecule has 1 heterocycles. The molecule has 1 aromatic heterocycles. The molecule has 2 rings (SSSR count). The first-order valence-corrected chi connectivity index (χ1v) is 5.86. The van der Waals surface area contributed by atoms with E-state index in [-0.39, 0.29) is 22.4 Å². The third-order valence-electron chi connectivity index (χ3n) is 2.39. The second-order valence-electron chi connectivity index (χ2n) is 3.67. The number of nitro groups is 1. The summed E-state index contributed by atoms with van der Waals surface area (Å²) < 4.78 is 15.1. The van der Waals surface area contributed by atoms with Crippen LogP contribution in [0.1, 0.15) is 11.1 Å². The molecule has 96 valence electrons. The first-order valence-electron chi connectivity index (χ1n) is 5.07. The zero-order chi connectivity index (χ0) is 14.0. The number of benzene rings is 1. The van der Waals surface area contributed by atoms with Gasteiger partial charge >= 0.3 is 5.82 Å². The van der Waals surface area contributed by atoms with Crippen LogP contribution in [0.5, 0.6) is 0 Å². The van der Waals surface area contributed by atoms with Crippen molar-refractivity contribution >= 4 is 21.7 Å². The molecule has 0 aliphatic heterocycles. The Balaban J connectivity index is 2.29. The molecule has 19 heavy (non-hydrogen) atoms. The lowest BCUT2D eigenvalue weighted by atomic mass is 10.1. The lowest BCUT2D eigenvalue weighted by molar-refractivity contribution is -0.390. The molecule has 0 saturated carbocycles. The molecule has 0 radical (unpaired) electrons. The predicted molar refractivity (Wildman–Crippen MR) is 66.8 cm³/mol. The average molecular weight is 325 g/mol. The van der Waals surface area contributed by atoms with Gasteiger partial charge in [-0.3, -0.25) is 0 Å². The SMILES string of the molecule is N#Cc1ccc(Cn2cc(Br)c([N+](=O)[O-])n2)c(F)c1. The summed E-state index contributed by atoms with van der Waals surface area (Å²) in [6.07, 6.45) is 1.40. The average Bonchev–Trinajstić information content (AvgIpc) is 2.73. The van der Waals surface area contributed by atoms with Gasteiger partial charge < -0.3 is 10.1 Å². The van der Waals surface area contributed by atoms with Gasteiger partial charge in [0.25, 0.3) is 0 Å². The Morgan fingerprint density at radius 2 is 2.32 bits per heavy atom. The van der Waals surface area contributed by atoms with Crippen molar-refractivity contribution in [2.24, 2.45) is 0 Å². The van der Waals surface area contributed by atoms with E-state index in [1.54, 1.807) is 0 Å². The summed E-state index contributed by atoms with van der Waals surface area (Å²) >= 11 is 3.01. The normalized spacial score (nSPS) is 10.2. The second-order valence-corrected chi connectivity index (χ2v) is 4.53. The highest BCUT2D eigenvalue weighted by molar-refractivity contribution is 9.10. The fraction of sp³-hybridized carbons (Fsp3) is 0.0909. The van der Waals surface area contributed by atoms with Gasteiger partial charge in [0.15, 0.2) is 0 Å². The van der Waals surface area contributed by atoms with E-state index in [9.17, 15) is 14.5 Å². The zero-order valence-corrected chi connectivity index (χ0v) is 11.0. The molecule has 0 atom stereocenters. The van der Waals surface area contributed by atoms with Crippen molar-refractivity contribution in [3.8, 4) is 6.07 Å². The molecule has 0 fully saturated rings. The van der Waals surface area contributed by atoms with Crippen LogP contribution in [0.15, 0.2) is 28.9 Å². The maximum absolute atomic E-state index is 13.7. The highest BCUT2D eigenvalue weighted by atomic mass is 79.9. The Morgan fingerprint density at radius 3 is 2.84 bits per heavy atom. The van der Waals surface area contributed by atoms with Gasteiger partial charge in [-0.15, -0.1) is 0 Å². The summed E-state index contributed by atoms with van der Waals surface area (Å²) in [6.45, 7) is 0.0456. The molecular formula is C11H6BrFN4O2. The van der Waals surface area contributed by atoms with Crippen LogP contribution in [-0.2, 0) is 6.54 Å². The smallest absolute Gasteiger partial charge is 0.358 e. The van der Waals surface area contributed by atoms with Crippen LogP contribution in [0.4, 0.5) is 10.2 Å². The van der Waals surface area contributed by atoms with Crippen LogP contribution in [-0.4, -0.2) is 14.7 Å². The Bertz CT molecular complexity index is 692. The van der Waals surface area contributed by atoms with Gasteiger partial charge in [0.05, 0.1) is 29.5 Å². The van der Waals surface area contributed by atoms with Gasteiger partial charge in [0.2, 0.25) is 0 Å². The monoisotopic (exact) mass is 324 g/mol. The van der Waals surface area contributed by atoms with E-state index in [1.165, 1.54) is 23.0 Å². The predicted octanol–water partition coefficient (Wildman–Crippen LogP) is 2.61. The van der Waals surface area contributed by atoms with Crippen LogP contribution in [0.25, 0.3) is 0 Å². The Morgan fingerprint density at radius 1 is 1.58 bits per heavy atom. The fourth-order valence-corrected chi connectivity index (χ4v) is 1.97. The molecule has 0 amide bonds. The first kappa shape index (κ1) is 13.2. The first-order chi connectivity index (χ1) is 9.01. The summed E-state index contributed by atoms with van der Waals surface area (Å²) in [5.41, 5.74) is 0.512. The lowest BCUT2D eigenvalue weighted by Gasteiger charge is -2.00. The Hall–Kier alpha value is -2.27. The van der Waals surface area contributed by atoms with Crippen molar-refractivity contribution in [2.75, 3.05) is 0 Å². The van der Waals surface area contributed by atoms with E-state index in [1.807, 2.05) is 6.07 Å². The van der Waals surface area contributed by atoms with Gasteiger partial charge in [-0.25, -0.2) is 4.39 Å². The molecule has 0 spiro atoms.